The van der Waals surface area contributed by atoms with Crippen LogP contribution >= 0.6 is 15.9 Å². The fourth-order valence-electron chi connectivity index (χ4n) is 2.50. The first-order valence-electron chi connectivity index (χ1n) is 8.49. The smallest absolute Gasteiger partial charge is 0.340 e. The van der Waals surface area contributed by atoms with Crippen molar-refractivity contribution in [2.24, 2.45) is 0 Å². The van der Waals surface area contributed by atoms with Crippen LogP contribution in [0.5, 0.6) is 17.2 Å². The van der Waals surface area contributed by atoms with Gasteiger partial charge in [-0.15, -0.1) is 0 Å². The van der Waals surface area contributed by atoms with E-state index in [2.05, 4.69) is 21.2 Å². The lowest BCUT2D eigenvalue weighted by Crippen LogP contribution is -2.21. The second kappa shape index (κ2) is 9.98. The number of benzene rings is 2. The van der Waals surface area contributed by atoms with Crippen molar-refractivity contribution in [2.45, 2.75) is 13.3 Å². The number of amides is 1. The monoisotopic (exact) mass is 451 g/mol. The highest BCUT2D eigenvalue weighted by molar-refractivity contribution is 9.10. The highest BCUT2D eigenvalue weighted by Gasteiger charge is 2.24. The SMILES string of the molecule is CCc1ccc(NC(=O)COC(=O)c2cc(OC)c(OC)c(OC)c2Br)cc1. The first-order chi connectivity index (χ1) is 13.4. The minimum absolute atomic E-state index is 0.148. The summed E-state index contributed by atoms with van der Waals surface area (Å²) in [7, 11) is 4.34. The summed E-state index contributed by atoms with van der Waals surface area (Å²) in [5, 5.41) is 2.68. The third-order valence-corrected chi connectivity index (χ3v) is 4.76. The van der Waals surface area contributed by atoms with E-state index in [0.29, 0.717) is 21.7 Å². The maximum Gasteiger partial charge on any atom is 0.340 e. The Morgan fingerprint density at radius 1 is 1.00 bits per heavy atom. The molecule has 7 nitrogen and oxygen atoms in total. The van der Waals surface area contributed by atoms with Crippen LogP contribution in [0, 0.1) is 0 Å². The van der Waals surface area contributed by atoms with Crippen LogP contribution in [-0.2, 0) is 16.0 Å². The molecule has 0 saturated carbocycles. The second-order valence-electron chi connectivity index (χ2n) is 5.68. The first-order valence-corrected chi connectivity index (χ1v) is 9.28. The van der Waals surface area contributed by atoms with Crippen LogP contribution in [0.15, 0.2) is 34.8 Å². The molecule has 0 aromatic heterocycles. The molecule has 0 aliphatic heterocycles. The molecular weight excluding hydrogens is 430 g/mol. The molecule has 0 bridgehead atoms. The highest BCUT2D eigenvalue weighted by Crippen LogP contribution is 2.44. The summed E-state index contributed by atoms with van der Waals surface area (Å²) in [5.41, 5.74) is 1.94. The third-order valence-electron chi connectivity index (χ3n) is 3.97. The number of anilines is 1. The van der Waals surface area contributed by atoms with Crippen LogP contribution in [0.2, 0.25) is 0 Å². The van der Waals surface area contributed by atoms with E-state index in [9.17, 15) is 9.59 Å². The number of aryl methyl sites for hydroxylation is 1. The van der Waals surface area contributed by atoms with Crippen LogP contribution < -0.4 is 19.5 Å². The Morgan fingerprint density at radius 2 is 1.64 bits per heavy atom. The standard InChI is InChI=1S/C20H22BrNO6/c1-5-12-6-8-13(9-7-12)22-16(23)11-28-20(24)14-10-15(25-2)18(26-3)19(27-4)17(14)21/h6-10H,5,11H2,1-4H3,(H,22,23). The first kappa shape index (κ1) is 21.6. The Balaban J connectivity index is 2.08. The van der Waals surface area contributed by atoms with Gasteiger partial charge in [0.15, 0.2) is 18.1 Å². The Hall–Kier alpha value is -2.74. The van der Waals surface area contributed by atoms with Crippen LogP contribution in [0.3, 0.4) is 0 Å². The molecule has 2 rings (SSSR count). The van der Waals surface area contributed by atoms with Gasteiger partial charge in [0.25, 0.3) is 5.91 Å². The van der Waals surface area contributed by atoms with Gasteiger partial charge in [0.2, 0.25) is 5.75 Å². The van der Waals surface area contributed by atoms with E-state index >= 15 is 0 Å². The molecule has 0 saturated heterocycles. The summed E-state index contributed by atoms with van der Waals surface area (Å²) >= 11 is 3.31. The molecule has 0 heterocycles. The van der Waals surface area contributed by atoms with Crippen molar-refractivity contribution in [3.05, 3.63) is 45.9 Å². The number of halogens is 1. The number of carbonyl (C=O) groups is 2. The zero-order chi connectivity index (χ0) is 20.7. The van der Waals surface area contributed by atoms with Crippen molar-refractivity contribution in [1.29, 1.82) is 0 Å². The van der Waals surface area contributed by atoms with Crippen molar-refractivity contribution in [3.63, 3.8) is 0 Å². The van der Waals surface area contributed by atoms with Gasteiger partial charge in [-0.25, -0.2) is 4.79 Å². The molecule has 28 heavy (non-hydrogen) atoms. The Kier molecular flexibility index (Phi) is 7.69. The van der Waals surface area contributed by atoms with E-state index in [4.69, 9.17) is 18.9 Å². The number of ether oxygens (including phenoxy) is 4. The zero-order valence-corrected chi connectivity index (χ0v) is 17.7. The fourth-order valence-corrected chi connectivity index (χ4v) is 3.12. The molecule has 0 aliphatic carbocycles. The van der Waals surface area contributed by atoms with Crippen LogP contribution in [-0.4, -0.2) is 39.8 Å². The summed E-state index contributed by atoms with van der Waals surface area (Å²) in [5.74, 6) is -0.227. The van der Waals surface area contributed by atoms with Crippen molar-refractivity contribution >= 4 is 33.5 Å². The quantitative estimate of drug-likeness (QED) is 0.613. The summed E-state index contributed by atoms with van der Waals surface area (Å²) in [6.07, 6.45) is 0.912. The molecule has 1 amide bonds. The number of methoxy groups -OCH3 is 3. The van der Waals surface area contributed by atoms with E-state index < -0.39 is 18.5 Å². The molecule has 150 valence electrons. The molecule has 0 unspecified atom stereocenters. The lowest BCUT2D eigenvalue weighted by Gasteiger charge is -2.16. The average molecular weight is 452 g/mol. The van der Waals surface area contributed by atoms with Crippen molar-refractivity contribution in [3.8, 4) is 17.2 Å². The van der Waals surface area contributed by atoms with E-state index in [1.807, 2.05) is 19.1 Å². The van der Waals surface area contributed by atoms with Gasteiger partial charge in [-0.05, 0) is 46.1 Å². The minimum atomic E-state index is -0.706. The van der Waals surface area contributed by atoms with E-state index in [0.717, 1.165) is 12.0 Å². The molecule has 2 aromatic rings. The number of hydrogen-bond acceptors (Lipinski definition) is 6. The topological polar surface area (TPSA) is 83.1 Å². The van der Waals surface area contributed by atoms with E-state index in [1.165, 1.54) is 27.4 Å². The maximum absolute atomic E-state index is 12.5. The molecule has 8 heteroatoms. The average Bonchev–Trinajstić information content (AvgIpc) is 2.72. The third kappa shape index (κ3) is 4.95. The van der Waals surface area contributed by atoms with Crippen LogP contribution in [0.1, 0.15) is 22.8 Å². The predicted molar refractivity (Wildman–Crippen MR) is 109 cm³/mol. The van der Waals surface area contributed by atoms with Gasteiger partial charge in [-0.2, -0.15) is 0 Å². The van der Waals surface area contributed by atoms with Gasteiger partial charge in [-0.3, -0.25) is 4.79 Å². The number of hydrogen-bond donors (Lipinski definition) is 1. The van der Waals surface area contributed by atoms with E-state index in [-0.39, 0.29) is 11.3 Å². The summed E-state index contributed by atoms with van der Waals surface area (Å²) in [6.45, 7) is 1.62. The molecule has 0 spiro atoms. The predicted octanol–water partition coefficient (Wildman–Crippen LogP) is 3.83. The molecule has 0 radical (unpaired) electrons. The normalized spacial score (nSPS) is 10.2. The molecule has 0 fully saturated rings. The zero-order valence-electron chi connectivity index (χ0n) is 16.1. The summed E-state index contributed by atoms with van der Waals surface area (Å²) in [4.78, 5) is 24.5. The van der Waals surface area contributed by atoms with Crippen molar-refractivity contribution in [1.82, 2.24) is 0 Å². The van der Waals surface area contributed by atoms with E-state index in [1.54, 1.807) is 12.1 Å². The summed E-state index contributed by atoms with van der Waals surface area (Å²) < 4.78 is 21.2. The molecule has 1 N–H and O–H groups in total. The molecule has 2 aromatic carbocycles. The van der Waals surface area contributed by atoms with Crippen LogP contribution in [0.4, 0.5) is 5.69 Å². The number of nitrogens with one attached hydrogen (secondary N) is 1. The minimum Gasteiger partial charge on any atom is -0.493 e. The number of carbonyl (C=O) groups excluding carboxylic acids is 2. The van der Waals surface area contributed by atoms with Crippen LogP contribution in [0.25, 0.3) is 0 Å². The van der Waals surface area contributed by atoms with Gasteiger partial charge < -0.3 is 24.3 Å². The maximum atomic E-state index is 12.5. The highest BCUT2D eigenvalue weighted by atomic mass is 79.9. The largest absolute Gasteiger partial charge is 0.493 e. The summed E-state index contributed by atoms with van der Waals surface area (Å²) in [6, 6.07) is 8.90. The fraction of sp³-hybridized carbons (Fsp3) is 0.300. The Morgan fingerprint density at radius 3 is 2.18 bits per heavy atom. The van der Waals surface area contributed by atoms with Crippen molar-refractivity contribution in [2.75, 3.05) is 33.3 Å². The van der Waals surface area contributed by atoms with Gasteiger partial charge in [-0.1, -0.05) is 19.1 Å². The lowest BCUT2D eigenvalue weighted by molar-refractivity contribution is -0.119. The Bertz CT molecular complexity index is 851. The molecule has 0 aliphatic rings. The molecular formula is C20H22BrNO6. The Labute approximate surface area is 172 Å². The van der Waals surface area contributed by atoms with Gasteiger partial charge in [0, 0.05) is 5.69 Å². The van der Waals surface area contributed by atoms with Gasteiger partial charge >= 0.3 is 5.97 Å². The van der Waals surface area contributed by atoms with Gasteiger partial charge in [0.1, 0.15) is 0 Å². The van der Waals surface area contributed by atoms with Crippen molar-refractivity contribution < 1.29 is 28.5 Å². The second-order valence-corrected chi connectivity index (χ2v) is 6.47. The lowest BCUT2D eigenvalue weighted by atomic mass is 10.1. The molecule has 0 atom stereocenters. The number of esters is 1. The van der Waals surface area contributed by atoms with Gasteiger partial charge in [0.05, 0.1) is 31.4 Å². The number of rotatable bonds is 8.